The molecule has 0 aliphatic carbocycles. The van der Waals surface area contributed by atoms with Crippen LogP contribution in [0.4, 0.5) is 0 Å². The molecule has 7 nitrogen and oxygen atoms in total. The van der Waals surface area contributed by atoms with E-state index < -0.39 is 10.0 Å². The van der Waals surface area contributed by atoms with Crippen molar-refractivity contribution in [2.24, 2.45) is 0 Å². The van der Waals surface area contributed by atoms with E-state index in [2.05, 4.69) is 29.5 Å². The largest absolute Gasteiger partial charge is 0.508 e. The maximum atomic E-state index is 12.5. The van der Waals surface area contributed by atoms with Crippen molar-refractivity contribution >= 4 is 10.0 Å². The molecule has 0 amide bonds. The first-order valence-electron chi connectivity index (χ1n) is 10.7. The van der Waals surface area contributed by atoms with E-state index in [1.54, 1.807) is 0 Å². The van der Waals surface area contributed by atoms with Crippen LogP contribution in [0.2, 0.25) is 0 Å². The Balaban J connectivity index is 1.24. The molecule has 1 saturated heterocycles. The number of aromatic hydroxyl groups is 1. The molecule has 2 heterocycles. The lowest BCUT2D eigenvalue weighted by atomic mass is 10.0. The zero-order valence-corrected chi connectivity index (χ0v) is 18.8. The third kappa shape index (κ3) is 5.31. The number of hydrogen-bond acceptors (Lipinski definition) is 6. The number of phenols is 1. The van der Waals surface area contributed by atoms with Crippen LogP contribution < -0.4 is 14.2 Å². The van der Waals surface area contributed by atoms with Crippen molar-refractivity contribution in [1.82, 2.24) is 9.62 Å². The Hall–Kier alpha value is -2.29. The number of hydrogen-bond donors (Lipinski definition) is 2. The molecule has 0 atom stereocenters. The van der Waals surface area contributed by atoms with Crippen molar-refractivity contribution in [3.8, 4) is 17.2 Å². The fourth-order valence-corrected chi connectivity index (χ4v) is 5.54. The summed E-state index contributed by atoms with van der Waals surface area (Å²) in [7, 11) is -3.64. The van der Waals surface area contributed by atoms with Crippen LogP contribution in [0.3, 0.4) is 0 Å². The molecule has 31 heavy (non-hydrogen) atoms. The number of fused-ring (bicyclic) bond motifs is 1. The monoisotopic (exact) mass is 446 g/mol. The highest BCUT2D eigenvalue weighted by molar-refractivity contribution is 7.89. The number of rotatable bonds is 7. The topological polar surface area (TPSA) is 88.1 Å². The summed E-state index contributed by atoms with van der Waals surface area (Å²) in [6, 6.07) is 11.7. The molecule has 4 rings (SSSR count). The normalized spacial score (nSPS) is 19.0. The summed E-state index contributed by atoms with van der Waals surface area (Å²) >= 11 is 0. The van der Waals surface area contributed by atoms with Gasteiger partial charge in [-0.05, 0) is 64.0 Å². The Labute approximate surface area is 184 Å². The highest BCUT2D eigenvalue weighted by Crippen LogP contribution is 2.41. The van der Waals surface area contributed by atoms with Crippen LogP contribution in [0.15, 0.2) is 47.4 Å². The standard InChI is InChI=1S/C23H30N2O5S/c1-23(2)16-17-5-3-8-21(22(17)30-23)29-14-13-25-11-9-18(10-12-25)24-31(27,28)20-7-4-6-19(26)15-20/h3-8,15,18,24,26H,9-14,16H2,1-2H3. The van der Waals surface area contributed by atoms with Gasteiger partial charge in [0.2, 0.25) is 10.0 Å². The number of para-hydroxylation sites is 1. The molecule has 8 heteroatoms. The summed E-state index contributed by atoms with van der Waals surface area (Å²) in [5, 5.41) is 9.54. The molecule has 168 valence electrons. The van der Waals surface area contributed by atoms with E-state index in [9.17, 15) is 13.5 Å². The predicted molar refractivity (Wildman–Crippen MR) is 118 cm³/mol. The smallest absolute Gasteiger partial charge is 0.240 e. The summed E-state index contributed by atoms with van der Waals surface area (Å²) in [5.74, 6) is 1.58. The Bertz CT molecular complexity index is 1030. The molecule has 1 fully saturated rings. The van der Waals surface area contributed by atoms with E-state index in [0.717, 1.165) is 50.4 Å². The van der Waals surface area contributed by atoms with Crippen LogP contribution in [0.25, 0.3) is 0 Å². The van der Waals surface area contributed by atoms with Crippen molar-refractivity contribution in [3.63, 3.8) is 0 Å². The first kappa shape index (κ1) is 21.9. The first-order valence-corrected chi connectivity index (χ1v) is 12.2. The van der Waals surface area contributed by atoms with Gasteiger partial charge in [-0.15, -0.1) is 0 Å². The van der Waals surface area contributed by atoms with Crippen molar-refractivity contribution in [2.45, 2.75) is 49.6 Å². The van der Waals surface area contributed by atoms with Crippen molar-refractivity contribution in [2.75, 3.05) is 26.2 Å². The average Bonchev–Trinajstić information content (AvgIpc) is 3.04. The van der Waals surface area contributed by atoms with E-state index in [4.69, 9.17) is 9.47 Å². The van der Waals surface area contributed by atoms with Crippen LogP contribution in [-0.2, 0) is 16.4 Å². The third-order valence-corrected chi connectivity index (χ3v) is 7.28. The first-order chi connectivity index (χ1) is 14.7. The lowest BCUT2D eigenvalue weighted by Crippen LogP contribution is -2.45. The van der Waals surface area contributed by atoms with Crippen molar-refractivity contribution < 1.29 is 23.0 Å². The van der Waals surface area contributed by atoms with Gasteiger partial charge >= 0.3 is 0 Å². The van der Waals surface area contributed by atoms with Crippen LogP contribution in [0.1, 0.15) is 32.3 Å². The summed E-state index contributed by atoms with van der Waals surface area (Å²) in [4.78, 5) is 2.37. The van der Waals surface area contributed by atoms with Gasteiger partial charge < -0.3 is 14.6 Å². The molecule has 0 spiro atoms. The molecule has 2 aliphatic rings. The molecule has 2 aliphatic heterocycles. The van der Waals surface area contributed by atoms with E-state index in [1.807, 2.05) is 12.1 Å². The number of nitrogens with one attached hydrogen (secondary N) is 1. The second-order valence-electron chi connectivity index (χ2n) is 8.87. The molecule has 2 aromatic rings. The number of sulfonamides is 1. The van der Waals surface area contributed by atoms with Gasteiger partial charge in [0.25, 0.3) is 0 Å². The molecule has 0 saturated carbocycles. The fourth-order valence-electron chi connectivity index (χ4n) is 4.20. The Morgan fingerprint density at radius 1 is 1.19 bits per heavy atom. The van der Waals surface area contributed by atoms with Gasteiger partial charge in [-0.1, -0.05) is 18.2 Å². The number of ether oxygens (including phenoxy) is 2. The van der Waals surface area contributed by atoms with Crippen LogP contribution in [0, 0.1) is 0 Å². The predicted octanol–water partition coefficient (Wildman–Crippen LogP) is 2.93. The van der Waals surface area contributed by atoms with Gasteiger partial charge in [0, 0.05) is 24.6 Å². The Morgan fingerprint density at radius 3 is 2.68 bits per heavy atom. The van der Waals surface area contributed by atoms with Gasteiger partial charge in [0.1, 0.15) is 18.0 Å². The molecule has 0 bridgehead atoms. The highest BCUT2D eigenvalue weighted by Gasteiger charge is 2.32. The van der Waals surface area contributed by atoms with Gasteiger partial charge in [-0.25, -0.2) is 13.1 Å². The third-order valence-electron chi connectivity index (χ3n) is 5.76. The van der Waals surface area contributed by atoms with Gasteiger partial charge in [-0.2, -0.15) is 0 Å². The molecule has 2 N–H and O–H groups in total. The summed E-state index contributed by atoms with van der Waals surface area (Å²) in [6.45, 7) is 7.09. The summed E-state index contributed by atoms with van der Waals surface area (Å²) < 4.78 is 39.9. The molecule has 0 aromatic heterocycles. The molecule has 0 unspecified atom stereocenters. The lowest BCUT2D eigenvalue weighted by molar-refractivity contribution is 0.128. The molecular weight excluding hydrogens is 416 g/mol. The number of nitrogens with zero attached hydrogens (tertiary/aromatic N) is 1. The van der Waals surface area contributed by atoms with E-state index in [0.29, 0.717) is 6.61 Å². The Morgan fingerprint density at radius 2 is 1.94 bits per heavy atom. The fraction of sp³-hybridized carbons (Fsp3) is 0.478. The lowest BCUT2D eigenvalue weighted by Gasteiger charge is -2.32. The number of likely N-dealkylation sites (tertiary alicyclic amines) is 1. The van der Waals surface area contributed by atoms with Gasteiger partial charge in [0.15, 0.2) is 11.5 Å². The van der Waals surface area contributed by atoms with Crippen molar-refractivity contribution in [1.29, 1.82) is 0 Å². The molecular formula is C23H30N2O5S. The minimum atomic E-state index is -3.64. The average molecular weight is 447 g/mol. The Kier molecular flexibility index (Phi) is 6.14. The second-order valence-corrected chi connectivity index (χ2v) is 10.6. The van der Waals surface area contributed by atoms with Gasteiger partial charge in [-0.3, -0.25) is 4.90 Å². The zero-order valence-electron chi connectivity index (χ0n) is 18.0. The summed E-state index contributed by atoms with van der Waals surface area (Å²) in [6.07, 6.45) is 2.34. The highest BCUT2D eigenvalue weighted by atomic mass is 32.2. The minimum Gasteiger partial charge on any atom is -0.508 e. The van der Waals surface area contributed by atoms with Crippen molar-refractivity contribution in [3.05, 3.63) is 48.0 Å². The maximum absolute atomic E-state index is 12.5. The van der Waals surface area contributed by atoms with Crippen LogP contribution in [0.5, 0.6) is 17.2 Å². The summed E-state index contributed by atoms with van der Waals surface area (Å²) in [5.41, 5.74) is 0.984. The van der Waals surface area contributed by atoms with E-state index >= 15 is 0 Å². The van der Waals surface area contributed by atoms with Gasteiger partial charge in [0.05, 0.1) is 4.90 Å². The number of benzene rings is 2. The minimum absolute atomic E-state index is 0.0595. The van der Waals surface area contributed by atoms with Crippen LogP contribution >= 0.6 is 0 Å². The van der Waals surface area contributed by atoms with Crippen LogP contribution in [-0.4, -0.2) is 56.3 Å². The van der Waals surface area contributed by atoms with E-state index in [-0.39, 0.29) is 22.3 Å². The quantitative estimate of drug-likeness (QED) is 0.680. The number of phenolic OH excluding ortho intramolecular Hbond substituents is 1. The number of piperidine rings is 1. The SMILES string of the molecule is CC1(C)Cc2cccc(OCCN3CCC(NS(=O)(=O)c4cccc(O)c4)CC3)c2O1. The molecule has 2 aromatic carbocycles. The van der Waals surface area contributed by atoms with E-state index in [1.165, 1.54) is 29.8 Å². The maximum Gasteiger partial charge on any atom is 0.240 e. The second kappa shape index (κ2) is 8.68. The molecule has 0 radical (unpaired) electrons. The zero-order chi connectivity index (χ0) is 22.1.